The van der Waals surface area contributed by atoms with Gasteiger partial charge in [-0.25, -0.2) is 0 Å². The molecule has 6 heteroatoms. The van der Waals surface area contributed by atoms with E-state index in [1.807, 2.05) is 41.5 Å². The van der Waals surface area contributed by atoms with Crippen LogP contribution in [0, 0.1) is 5.92 Å². The molecule has 1 aromatic carbocycles. The SMILES string of the molecule is CC(C)(C)NC(=O)c1ccccc1NC(=O)[C@H]1CC(=O)N(C(C)(C)C)C1. The lowest BCUT2D eigenvalue weighted by molar-refractivity contribution is -0.131. The molecule has 2 N–H and O–H groups in total. The fourth-order valence-electron chi connectivity index (χ4n) is 2.96. The topological polar surface area (TPSA) is 78.5 Å². The molecule has 0 spiro atoms. The van der Waals surface area contributed by atoms with Crippen molar-refractivity contribution in [2.24, 2.45) is 5.92 Å². The second-order valence-corrected chi connectivity index (χ2v) is 8.82. The van der Waals surface area contributed by atoms with E-state index in [1.54, 1.807) is 29.2 Å². The molecule has 0 saturated carbocycles. The van der Waals surface area contributed by atoms with Gasteiger partial charge in [0.25, 0.3) is 5.91 Å². The minimum Gasteiger partial charge on any atom is -0.347 e. The Hall–Kier alpha value is -2.37. The fraction of sp³-hybridized carbons (Fsp3) is 0.550. The van der Waals surface area contributed by atoms with Crippen molar-refractivity contribution in [2.45, 2.75) is 59.0 Å². The average Bonchev–Trinajstić information content (AvgIpc) is 2.88. The summed E-state index contributed by atoms with van der Waals surface area (Å²) in [5.41, 5.74) is 0.185. The number of para-hydroxylation sites is 1. The van der Waals surface area contributed by atoms with Crippen LogP contribution in [0.1, 0.15) is 58.3 Å². The zero-order valence-electron chi connectivity index (χ0n) is 16.5. The quantitative estimate of drug-likeness (QED) is 0.871. The Labute approximate surface area is 155 Å². The van der Waals surface area contributed by atoms with E-state index in [4.69, 9.17) is 0 Å². The average molecular weight is 359 g/mol. The number of nitrogens with one attached hydrogen (secondary N) is 2. The third-order valence-electron chi connectivity index (χ3n) is 4.22. The number of nitrogens with zero attached hydrogens (tertiary/aromatic N) is 1. The van der Waals surface area contributed by atoms with Crippen molar-refractivity contribution in [2.75, 3.05) is 11.9 Å². The van der Waals surface area contributed by atoms with Gasteiger partial charge in [-0.1, -0.05) is 12.1 Å². The minimum absolute atomic E-state index is 0.0172. The molecular weight excluding hydrogens is 330 g/mol. The van der Waals surface area contributed by atoms with Crippen molar-refractivity contribution in [3.8, 4) is 0 Å². The van der Waals surface area contributed by atoms with Gasteiger partial charge in [-0.3, -0.25) is 14.4 Å². The molecule has 1 heterocycles. The molecule has 0 aromatic heterocycles. The van der Waals surface area contributed by atoms with Gasteiger partial charge in [0.2, 0.25) is 11.8 Å². The van der Waals surface area contributed by atoms with E-state index in [-0.39, 0.29) is 35.2 Å². The molecule has 0 unspecified atom stereocenters. The Morgan fingerprint density at radius 2 is 1.69 bits per heavy atom. The molecule has 142 valence electrons. The largest absolute Gasteiger partial charge is 0.347 e. The molecule has 1 aromatic rings. The summed E-state index contributed by atoms with van der Waals surface area (Å²) < 4.78 is 0. The van der Waals surface area contributed by atoms with E-state index in [1.165, 1.54) is 0 Å². The van der Waals surface area contributed by atoms with Crippen LogP contribution >= 0.6 is 0 Å². The molecule has 26 heavy (non-hydrogen) atoms. The number of amides is 3. The first-order chi connectivity index (χ1) is 11.9. The molecule has 1 aliphatic rings. The fourth-order valence-corrected chi connectivity index (χ4v) is 2.96. The van der Waals surface area contributed by atoms with Gasteiger partial charge < -0.3 is 15.5 Å². The number of likely N-dealkylation sites (tertiary alicyclic amines) is 1. The van der Waals surface area contributed by atoms with Crippen molar-refractivity contribution < 1.29 is 14.4 Å². The van der Waals surface area contributed by atoms with Crippen molar-refractivity contribution >= 4 is 23.4 Å². The standard InChI is InChI=1S/C20H29N3O3/c1-19(2,3)22-18(26)14-9-7-8-10-15(14)21-17(25)13-11-16(24)23(12-13)20(4,5)6/h7-10,13H,11-12H2,1-6H3,(H,21,25)(H,22,26)/t13-/m0/s1. The zero-order valence-corrected chi connectivity index (χ0v) is 16.5. The second kappa shape index (κ2) is 7.09. The van der Waals surface area contributed by atoms with Gasteiger partial charge in [0.15, 0.2) is 0 Å². The van der Waals surface area contributed by atoms with E-state index in [0.29, 0.717) is 17.8 Å². The van der Waals surface area contributed by atoms with Crippen molar-refractivity contribution in [1.82, 2.24) is 10.2 Å². The summed E-state index contributed by atoms with van der Waals surface area (Å²) in [5, 5.41) is 5.73. The number of anilines is 1. The number of rotatable bonds is 3. The Balaban J connectivity index is 2.13. The predicted molar refractivity (Wildman–Crippen MR) is 102 cm³/mol. The molecule has 2 rings (SSSR count). The van der Waals surface area contributed by atoms with E-state index >= 15 is 0 Å². The Morgan fingerprint density at radius 1 is 1.08 bits per heavy atom. The third kappa shape index (κ3) is 4.84. The first-order valence-corrected chi connectivity index (χ1v) is 8.91. The lowest BCUT2D eigenvalue weighted by Gasteiger charge is -2.32. The van der Waals surface area contributed by atoms with Gasteiger partial charge >= 0.3 is 0 Å². The van der Waals surface area contributed by atoms with Gasteiger partial charge in [0.1, 0.15) is 0 Å². The molecule has 0 aliphatic carbocycles. The van der Waals surface area contributed by atoms with Crippen molar-refractivity contribution in [3.05, 3.63) is 29.8 Å². The minimum atomic E-state index is -0.416. The normalized spacial score (nSPS) is 18.0. The van der Waals surface area contributed by atoms with Crippen LogP contribution in [0.5, 0.6) is 0 Å². The van der Waals surface area contributed by atoms with Crippen LogP contribution in [0.15, 0.2) is 24.3 Å². The highest BCUT2D eigenvalue weighted by atomic mass is 16.2. The third-order valence-corrected chi connectivity index (χ3v) is 4.22. The number of hydrogen-bond acceptors (Lipinski definition) is 3. The van der Waals surface area contributed by atoms with Crippen molar-refractivity contribution in [3.63, 3.8) is 0 Å². The summed E-state index contributed by atoms with van der Waals surface area (Å²) in [6.07, 6.45) is 0.194. The highest BCUT2D eigenvalue weighted by Gasteiger charge is 2.39. The molecule has 1 fully saturated rings. The van der Waals surface area contributed by atoms with Crippen molar-refractivity contribution in [1.29, 1.82) is 0 Å². The van der Waals surface area contributed by atoms with E-state index in [9.17, 15) is 14.4 Å². The van der Waals surface area contributed by atoms with Gasteiger partial charge in [-0.2, -0.15) is 0 Å². The number of benzene rings is 1. The van der Waals surface area contributed by atoms with E-state index < -0.39 is 5.92 Å². The van der Waals surface area contributed by atoms with Gasteiger partial charge in [0, 0.05) is 24.0 Å². The highest BCUT2D eigenvalue weighted by molar-refractivity contribution is 6.05. The first-order valence-electron chi connectivity index (χ1n) is 8.91. The predicted octanol–water partition coefficient (Wildman–Crippen LogP) is 2.80. The van der Waals surface area contributed by atoms with Gasteiger partial charge in [-0.05, 0) is 53.7 Å². The number of carbonyl (C=O) groups excluding carboxylic acids is 3. The lowest BCUT2D eigenvalue weighted by atomic mass is 10.0. The maximum Gasteiger partial charge on any atom is 0.253 e. The molecule has 1 aliphatic heterocycles. The van der Waals surface area contributed by atoms with Crippen LogP contribution in [0.2, 0.25) is 0 Å². The molecular formula is C20H29N3O3. The summed E-state index contributed by atoms with van der Waals surface area (Å²) in [6, 6.07) is 6.91. The number of hydrogen-bond donors (Lipinski definition) is 2. The molecule has 6 nitrogen and oxygen atoms in total. The summed E-state index contributed by atoms with van der Waals surface area (Å²) in [7, 11) is 0. The lowest BCUT2D eigenvalue weighted by Crippen LogP contribution is -2.43. The summed E-state index contributed by atoms with van der Waals surface area (Å²) in [5.74, 6) is -0.912. The van der Waals surface area contributed by atoms with Crippen LogP contribution in [-0.4, -0.2) is 40.2 Å². The molecule has 1 saturated heterocycles. The molecule has 3 amide bonds. The molecule has 0 radical (unpaired) electrons. The second-order valence-electron chi connectivity index (χ2n) is 8.82. The maximum absolute atomic E-state index is 12.7. The molecule has 0 bridgehead atoms. The number of carbonyl (C=O) groups is 3. The van der Waals surface area contributed by atoms with E-state index in [0.717, 1.165) is 0 Å². The smallest absolute Gasteiger partial charge is 0.253 e. The summed E-state index contributed by atoms with van der Waals surface area (Å²) >= 11 is 0. The van der Waals surface area contributed by atoms with Crippen LogP contribution < -0.4 is 10.6 Å². The zero-order chi connectivity index (χ0) is 19.7. The maximum atomic E-state index is 12.7. The Kier molecular flexibility index (Phi) is 5.44. The molecule has 1 atom stereocenters. The van der Waals surface area contributed by atoms with Gasteiger partial charge in [-0.15, -0.1) is 0 Å². The Morgan fingerprint density at radius 3 is 2.23 bits per heavy atom. The highest BCUT2D eigenvalue weighted by Crippen LogP contribution is 2.27. The summed E-state index contributed by atoms with van der Waals surface area (Å²) in [6.45, 7) is 12.0. The van der Waals surface area contributed by atoms with Gasteiger partial charge in [0.05, 0.1) is 17.2 Å². The summed E-state index contributed by atoms with van der Waals surface area (Å²) in [4.78, 5) is 39.1. The monoisotopic (exact) mass is 359 g/mol. The van der Waals surface area contributed by atoms with Crippen LogP contribution in [0.4, 0.5) is 5.69 Å². The van der Waals surface area contributed by atoms with Crippen LogP contribution in [0.25, 0.3) is 0 Å². The Bertz CT molecular complexity index is 714. The first kappa shape index (κ1) is 19.9. The van der Waals surface area contributed by atoms with Crippen LogP contribution in [0.3, 0.4) is 0 Å². The van der Waals surface area contributed by atoms with Crippen LogP contribution in [-0.2, 0) is 9.59 Å². The van der Waals surface area contributed by atoms with E-state index in [2.05, 4.69) is 10.6 Å².